The fourth-order valence-electron chi connectivity index (χ4n) is 2.22. The van der Waals surface area contributed by atoms with Gasteiger partial charge in [-0.05, 0) is 38.9 Å². The van der Waals surface area contributed by atoms with E-state index < -0.39 is 12.1 Å². The van der Waals surface area contributed by atoms with Gasteiger partial charge in [0.05, 0.1) is 5.92 Å². The highest BCUT2D eigenvalue weighted by atomic mass is 19.4. The fourth-order valence-corrected chi connectivity index (χ4v) is 2.22. The molecular weight excluding hydrogens is 229 g/mol. The SMILES string of the molecule is CC(C)NCCCN1CCCC(C(F)(F)F)C1. The Bertz CT molecular complexity index is 216. The molecule has 0 radical (unpaired) electrons. The molecule has 102 valence electrons. The van der Waals surface area contributed by atoms with Crippen LogP contribution < -0.4 is 5.32 Å². The van der Waals surface area contributed by atoms with Gasteiger partial charge in [-0.15, -0.1) is 0 Å². The van der Waals surface area contributed by atoms with Crippen molar-refractivity contribution in [3.05, 3.63) is 0 Å². The highest BCUT2D eigenvalue weighted by Crippen LogP contribution is 2.32. The van der Waals surface area contributed by atoms with Crippen molar-refractivity contribution in [3.8, 4) is 0 Å². The van der Waals surface area contributed by atoms with Gasteiger partial charge in [-0.25, -0.2) is 0 Å². The molecule has 0 amide bonds. The maximum atomic E-state index is 12.6. The number of rotatable bonds is 5. The van der Waals surface area contributed by atoms with Crippen LogP contribution in [0.4, 0.5) is 13.2 Å². The van der Waals surface area contributed by atoms with Gasteiger partial charge in [-0.1, -0.05) is 13.8 Å². The zero-order valence-electron chi connectivity index (χ0n) is 10.7. The Balaban J connectivity index is 2.21. The number of hydrogen-bond donors (Lipinski definition) is 1. The highest BCUT2D eigenvalue weighted by molar-refractivity contribution is 4.78. The number of alkyl halides is 3. The van der Waals surface area contributed by atoms with E-state index >= 15 is 0 Å². The summed E-state index contributed by atoms with van der Waals surface area (Å²) in [6.07, 6.45) is -2.14. The quantitative estimate of drug-likeness (QED) is 0.757. The van der Waals surface area contributed by atoms with Gasteiger partial charge >= 0.3 is 6.18 Å². The van der Waals surface area contributed by atoms with E-state index in [1.54, 1.807) is 0 Å². The van der Waals surface area contributed by atoms with E-state index in [2.05, 4.69) is 19.2 Å². The van der Waals surface area contributed by atoms with Gasteiger partial charge in [0.15, 0.2) is 0 Å². The third-order valence-electron chi connectivity index (χ3n) is 3.17. The van der Waals surface area contributed by atoms with Crippen molar-refractivity contribution >= 4 is 0 Å². The normalized spacial score (nSPS) is 23.3. The number of likely N-dealkylation sites (tertiary alicyclic amines) is 1. The largest absolute Gasteiger partial charge is 0.393 e. The molecule has 0 aliphatic carbocycles. The number of nitrogens with zero attached hydrogens (tertiary/aromatic N) is 1. The zero-order chi connectivity index (χ0) is 12.9. The first-order valence-electron chi connectivity index (χ1n) is 6.42. The van der Waals surface area contributed by atoms with Gasteiger partial charge in [0.25, 0.3) is 0 Å². The van der Waals surface area contributed by atoms with Crippen LogP contribution in [0.15, 0.2) is 0 Å². The molecule has 0 aromatic heterocycles. The molecule has 1 atom stereocenters. The van der Waals surface area contributed by atoms with Crippen molar-refractivity contribution in [3.63, 3.8) is 0 Å². The van der Waals surface area contributed by atoms with E-state index in [-0.39, 0.29) is 6.54 Å². The summed E-state index contributed by atoms with van der Waals surface area (Å²) in [4.78, 5) is 1.95. The fraction of sp³-hybridized carbons (Fsp3) is 1.00. The van der Waals surface area contributed by atoms with Crippen LogP contribution in [0.1, 0.15) is 33.1 Å². The molecule has 0 aromatic carbocycles. The predicted molar refractivity (Wildman–Crippen MR) is 63.0 cm³/mol. The second kappa shape index (κ2) is 6.59. The zero-order valence-corrected chi connectivity index (χ0v) is 10.7. The van der Waals surface area contributed by atoms with Crippen LogP contribution in [0.5, 0.6) is 0 Å². The van der Waals surface area contributed by atoms with E-state index in [0.29, 0.717) is 18.9 Å². The Hall–Kier alpha value is -0.290. The van der Waals surface area contributed by atoms with Crippen molar-refractivity contribution in [2.24, 2.45) is 5.92 Å². The topological polar surface area (TPSA) is 15.3 Å². The molecule has 1 rings (SSSR count). The lowest BCUT2D eigenvalue weighted by molar-refractivity contribution is -0.186. The molecule has 2 nitrogen and oxygen atoms in total. The number of halogens is 3. The Kier molecular flexibility index (Phi) is 5.73. The van der Waals surface area contributed by atoms with Crippen molar-refractivity contribution in [1.82, 2.24) is 10.2 Å². The molecule has 1 N–H and O–H groups in total. The van der Waals surface area contributed by atoms with Crippen LogP contribution >= 0.6 is 0 Å². The molecule has 1 fully saturated rings. The van der Waals surface area contributed by atoms with Crippen molar-refractivity contribution in [2.45, 2.75) is 45.3 Å². The molecule has 1 saturated heterocycles. The minimum absolute atomic E-state index is 0.186. The van der Waals surface area contributed by atoms with Gasteiger partial charge in [-0.2, -0.15) is 13.2 Å². The molecular formula is C12H23F3N2. The van der Waals surface area contributed by atoms with E-state index in [0.717, 1.165) is 26.1 Å². The van der Waals surface area contributed by atoms with Crippen LogP contribution in [0, 0.1) is 5.92 Å². The summed E-state index contributed by atoms with van der Waals surface area (Å²) >= 11 is 0. The van der Waals surface area contributed by atoms with Crippen LogP contribution in [0.3, 0.4) is 0 Å². The van der Waals surface area contributed by atoms with Gasteiger partial charge in [0.2, 0.25) is 0 Å². The summed E-state index contributed by atoms with van der Waals surface area (Å²) in [5.74, 6) is -1.12. The minimum Gasteiger partial charge on any atom is -0.314 e. The Morgan fingerprint density at radius 3 is 2.65 bits per heavy atom. The Morgan fingerprint density at radius 1 is 1.35 bits per heavy atom. The second-order valence-corrected chi connectivity index (χ2v) is 5.14. The predicted octanol–water partition coefficient (Wildman–Crippen LogP) is 2.65. The number of hydrogen-bond acceptors (Lipinski definition) is 2. The summed E-state index contributed by atoms with van der Waals surface area (Å²) in [5, 5.41) is 3.28. The summed E-state index contributed by atoms with van der Waals surface area (Å²) in [6, 6.07) is 0.444. The molecule has 1 aliphatic rings. The standard InChI is InChI=1S/C12H23F3N2/c1-10(2)16-6-4-8-17-7-3-5-11(9-17)12(13,14)15/h10-11,16H,3-9H2,1-2H3. The van der Waals surface area contributed by atoms with Crippen molar-refractivity contribution in [1.29, 1.82) is 0 Å². The van der Waals surface area contributed by atoms with Gasteiger partial charge in [0.1, 0.15) is 0 Å². The maximum Gasteiger partial charge on any atom is 0.393 e. The summed E-state index contributed by atoms with van der Waals surface area (Å²) in [5.41, 5.74) is 0. The third kappa shape index (κ3) is 5.73. The minimum atomic E-state index is -4.02. The molecule has 1 unspecified atom stereocenters. The van der Waals surface area contributed by atoms with Crippen molar-refractivity contribution < 1.29 is 13.2 Å². The number of piperidine rings is 1. The molecule has 5 heteroatoms. The molecule has 0 spiro atoms. The Morgan fingerprint density at radius 2 is 2.06 bits per heavy atom. The lowest BCUT2D eigenvalue weighted by Gasteiger charge is -2.33. The summed E-state index contributed by atoms with van der Waals surface area (Å²) in [6.45, 7) is 6.79. The third-order valence-corrected chi connectivity index (χ3v) is 3.17. The molecule has 1 heterocycles. The second-order valence-electron chi connectivity index (χ2n) is 5.14. The van der Waals surface area contributed by atoms with Crippen LogP contribution in [-0.4, -0.2) is 43.3 Å². The first-order valence-corrected chi connectivity index (χ1v) is 6.42. The van der Waals surface area contributed by atoms with E-state index in [4.69, 9.17) is 0 Å². The summed E-state index contributed by atoms with van der Waals surface area (Å²) < 4.78 is 37.7. The number of nitrogens with one attached hydrogen (secondary N) is 1. The van der Waals surface area contributed by atoms with E-state index in [9.17, 15) is 13.2 Å². The lowest BCUT2D eigenvalue weighted by Crippen LogP contribution is -2.42. The van der Waals surface area contributed by atoms with E-state index in [1.807, 2.05) is 4.90 Å². The van der Waals surface area contributed by atoms with Crippen LogP contribution in [0.2, 0.25) is 0 Å². The average Bonchev–Trinajstić information content (AvgIpc) is 2.23. The molecule has 17 heavy (non-hydrogen) atoms. The Labute approximate surface area is 102 Å². The van der Waals surface area contributed by atoms with Gasteiger partial charge in [-0.3, -0.25) is 0 Å². The molecule has 0 bridgehead atoms. The van der Waals surface area contributed by atoms with E-state index in [1.165, 1.54) is 0 Å². The first kappa shape index (κ1) is 14.8. The van der Waals surface area contributed by atoms with Crippen LogP contribution in [-0.2, 0) is 0 Å². The maximum absolute atomic E-state index is 12.6. The average molecular weight is 252 g/mol. The van der Waals surface area contributed by atoms with Gasteiger partial charge in [0, 0.05) is 12.6 Å². The molecule has 1 aliphatic heterocycles. The smallest absolute Gasteiger partial charge is 0.314 e. The first-order chi connectivity index (χ1) is 7.89. The molecule has 0 saturated carbocycles. The van der Waals surface area contributed by atoms with Crippen molar-refractivity contribution in [2.75, 3.05) is 26.2 Å². The highest BCUT2D eigenvalue weighted by Gasteiger charge is 2.41. The lowest BCUT2D eigenvalue weighted by atomic mass is 9.97. The monoisotopic (exact) mass is 252 g/mol. The molecule has 0 aromatic rings. The van der Waals surface area contributed by atoms with Crippen LogP contribution in [0.25, 0.3) is 0 Å². The summed E-state index contributed by atoms with van der Waals surface area (Å²) in [7, 11) is 0. The van der Waals surface area contributed by atoms with Gasteiger partial charge < -0.3 is 10.2 Å².